The van der Waals surface area contributed by atoms with Crippen molar-refractivity contribution in [3.63, 3.8) is 0 Å². The van der Waals surface area contributed by atoms with Crippen LogP contribution in [0.5, 0.6) is 0 Å². The van der Waals surface area contributed by atoms with Crippen LogP contribution in [0.3, 0.4) is 0 Å². The van der Waals surface area contributed by atoms with Gasteiger partial charge in [-0.2, -0.15) is 0 Å². The molecule has 0 spiro atoms. The van der Waals surface area contributed by atoms with E-state index in [-0.39, 0.29) is 18.0 Å². The Kier molecular flexibility index (Phi) is 4.04. The lowest BCUT2D eigenvalue weighted by molar-refractivity contribution is 0.0943. The Morgan fingerprint density at radius 1 is 1.16 bits per heavy atom. The number of carbonyl (C=O) groups excluding carboxylic acids is 2. The predicted molar refractivity (Wildman–Crippen MR) is 74.2 cm³/mol. The van der Waals surface area contributed by atoms with Gasteiger partial charge in [-0.05, 0) is 51.0 Å². The Morgan fingerprint density at radius 3 is 2.32 bits per heavy atom. The first-order valence-electron chi connectivity index (χ1n) is 6.53. The van der Waals surface area contributed by atoms with Gasteiger partial charge in [0.1, 0.15) is 0 Å². The van der Waals surface area contributed by atoms with E-state index in [9.17, 15) is 9.59 Å². The number of urea groups is 1. The number of amides is 3. The summed E-state index contributed by atoms with van der Waals surface area (Å²) in [4.78, 5) is 23.3. The second-order valence-electron chi connectivity index (χ2n) is 5.08. The summed E-state index contributed by atoms with van der Waals surface area (Å²) in [6.45, 7) is 3.83. The highest BCUT2D eigenvalue weighted by atomic mass is 16.2. The molecule has 0 unspecified atom stereocenters. The molecule has 0 radical (unpaired) electrons. The first-order chi connectivity index (χ1) is 9.04. The smallest absolute Gasteiger partial charge is 0.319 e. The van der Waals surface area contributed by atoms with E-state index in [1.807, 2.05) is 13.8 Å². The zero-order valence-electron chi connectivity index (χ0n) is 11.2. The normalized spacial score (nSPS) is 14.1. The topological polar surface area (TPSA) is 70.2 Å². The minimum atomic E-state index is -0.193. The standard InChI is InChI=1S/C14H19N3O2/c1-9(2)15-13(18)10-3-5-11(6-4-10)16-14(19)17-12-7-8-12/h3-6,9,12H,7-8H2,1-2H3,(H,15,18)(H2,16,17,19). The van der Waals surface area contributed by atoms with Gasteiger partial charge in [-0.15, -0.1) is 0 Å². The summed E-state index contributed by atoms with van der Waals surface area (Å²) in [7, 11) is 0. The molecule has 1 aliphatic rings. The molecular weight excluding hydrogens is 242 g/mol. The van der Waals surface area contributed by atoms with E-state index in [4.69, 9.17) is 0 Å². The maximum atomic E-state index is 11.7. The fourth-order valence-electron chi connectivity index (χ4n) is 1.63. The third kappa shape index (κ3) is 4.28. The predicted octanol–water partition coefficient (Wildman–Crippen LogP) is 2.11. The SMILES string of the molecule is CC(C)NC(=O)c1ccc(NC(=O)NC2CC2)cc1. The molecule has 0 aliphatic heterocycles. The van der Waals surface area contributed by atoms with E-state index in [0.717, 1.165) is 12.8 Å². The monoisotopic (exact) mass is 261 g/mol. The van der Waals surface area contributed by atoms with Crippen LogP contribution in [0.4, 0.5) is 10.5 Å². The highest BCUT2D eigenvalue weighted by molar-refractivity contribution is 5.95. The van der Waals surface area contributed by atoms with E-state index in [1.165, 1.54) is 0 Å². The van der Waals surface area contributed by atoms with E-state index >= 15 is 0 Å². The van der Waals surface area contributed by atoms with Crippen LogP contribution < -0.4 is 16.0 Å². The van der Waals surface area contributed by atoms with Crippen LogP contribution in [0, 0.1) is 0 Å². The molecule has 0 heterocycles. The Morgan fingerprint density at radius 2 is 1.79 bits per heavy atom. The number of hydrogen-bond donors (Lipinski definition) is 3. The molecule has 0 aromatic heterocycles. The van der Waals surface area contributed by atoms with Crippen LogP contribution in [0.1, 0.15) is 37.0 Å². The summed E-state index contributed by atoms with van der Waals surface area (Å²) >= 11 is 0. The molecule has 5 nitrogen and oxygen atoms in total. The Bertz CT molecular complexity index is 464. The van der Waals surface area contributed by atoms with Crippen molar-refractivity contribution in [3.8, 4) is 0 Å². The van der Waals surface area contributed by atoms with Crippen molar-refractivity contribution < 1.29 is 9.59 Å². The molecule has 5 heteroatoms. The third-order valence-corrected chi connectivity index (χ3v) is 2.74. The quantitative estimate of drug-likeness (QED) is 0.777. The summed E-state index contributed by atoms with van der Waals surface area (Å²) in [6, 6.07) is 7.09. The molecule has 3 amide bonds. The van der Waals surface area contributed by atoms with Gasteiger partial charge in [0, 0.05) is 23.3 Å². The molecule has 2 rings (SSSR count). The lowest BCUT2D eigenvalue weighted by Crippen LogP contribution is -2.31. The molecule has 0 saturated heterocycles. The molecule has 19 heavy (non-hydrogen) atoms. The second-order valence-corrected chi connectivity index (χ2v) is 5.08. The minimum Gasteiger partial charge on any atom is -0.350 e. The van der Waals surface area contributed by atoms with Crippen molar-refractivity contribution in [3.05, 3.63) is 29.8 Å². The molecule has 0 bridgehead atoms. The van der Waals surface area contributed by atoms with Crippen molar-refractivity contribution in [2.45, 2.75) is 38.8 Å². The summed E-state index contributed by atoms with van der Waals surface area (Å²) in [6.07, 6.45) is 2.11. The highest BCUT2D eigenvalue weighted by Crippen LogP contribution is 2.18. The Labute approximate surface area is 112 Å². The highest BCUT2D eigenvalue weighted by Gasteiger charge is 2.23. The van der Waals surface area contributed by atoms with Crippen molar-refractivity contribution in [1.29, 1.82) is 0 Å². The van der Waals surface area contributed by atoms with E-state index < -0.39 is 0 Å². The van der Waals surface area contributed by atoms with Gasteiger partial charge in [0.05, 0.1) is 0 Å². The minimum absolute atomic E-state index is 0.106. The van der Waals surface area contributed by atoms with Gasteiger partial charge in [0.2, 0.25) is 0 Å². The number of hydrogen-bond acceptors (Lipinski definition) is 2. The third-order valence-electron chi connectivity index (χ3n) is 2.74. The molecule has 1 fully saturated rings. The van der Waals surface area contributed by atoms with Crippen LogP contribution in [-0.4, -0.2) is 24.0 Å². The zero-order chi connectivity index (χ0) is 13.8. The summed E-state index contributed by atoms with van der Waals surface area (Å²) in [5.41, 5.74) is 1.26. The zero-order valence-corrected chi connectivity index (χ0v) is 11.2. The van der Waals surface area contributed by atoms with Crippen molar-refractivity contribution in [2.24, 2.45) is 0 Å². The van der Waals surface area contributed by atoms with E-state index in [0.29, 0.717) is 17.3 Å². The van der Waals surface area contributed by atoms with Gasteiger partial charge in [0.15, 0.2) is 0 Å². The van der Waals surface area contributed by atoms with Crippen LogP contribution in [0.2, 0.25) is 0 Å². The van der Waals surface area contributed by atoms with Gasteiger partial charge in [0.25, 0.3) is 5.91 Å². The number of anilines is 1. The summed E-state index contributed by atoms with van der Waals surface area (Å²) in [5, 5.41) is 8.39. The van der Waals surface area contributed by atoms with Gasteiger partial charge in [-0.3, -0.25) is 4.79 Å². The molecule has 1 aliphatic carbocycles. The van der Waals surface area contributed by atoms with Crippen LogP contribution >= 0.6 is 0 Å². The first kappa shape index (κ1) is 13.4. The fourth-order valence-corrected chi connectivity index (χ4v) is 1.63. The summed E-state index contributed by atoms with van der Waals surface area (Å²) in [5.74, 6) is -0.107. The van der Waals surface area contributed by atoms with Gasteiger partial charge in [-0.25, -0.2) is 4.79 Å². The molecule has 3 N–H and O–H groups in total. The van der Waals surface area contributed by atoms with Crippen LogP contribution in [0.25, 0.3) is 0 Å². The average Bonchev–Trinajstić information content (AvgIpc) is 3.12. The molecule has 0 atom stereocenters. The van der Waals surface area contributed by atoms with Gasteiger partial charge in [-0.1, -0.05) is 0 Å². The molecule has 1 aromatic rings. The molecule has 102 valence electrons. The fraction of sp³-hybridized carbons (Fsp3) is 0.429. The molecular formula is C14H19N3O2. The average molecular weight is 261 g/mol. The Balaban J connectivity index is 1.89. The van der Waals surface area contributed by atoms with Crippen molar-refractivity contribution in [2.75, 3.05) is 5.32 Å². The summed E-state index contributed by atoms with van der Waals surface area (Å²) < 4.78 is 0. The number of benzene rings is 1. The van der Waals surface area contributed by atoms with Crippen molar-refractivity contribution in [1.82, 2.24) is 10.6 Å². The van der Waals surface area contributed by atoms with Gasteiger partial charge >= 0.3 is 6.03 Å². The van der Waals surface area contributed by atoms with Crippen LogP contribution in [0.15, 0.2) is 24.3 Å². The number of rotatable bonds is 4. The first-order valence-corrected chi connectivity index (χ1v) is 6.53. The maximum absolute atomic E-state index is 11.7. The molecule has 1 saturated carbocycles. The van der Waals surface area contributed by atoms with Crippen LogP contribution in [-0.2, 0) is 0 Å². The van der Waals surface area contributed by atoms with Crippen molar-refractivity contribution >= 4 is 17.6 Å². The van der Waals surface area contributed by atoms with E-state index in [2.05, 4.69) is 16.0 Å². The lowest BCUT2D eigenvalue weighted by atomic mass is 10.2. The van der Waals surface area contributed by atoms with E-state index in [1.54, 1.807) is 24.3 Å². The lowest BCUT2D eigenvalue weighted by Gasteiger charge is -2.09. The number of nitrogens with one attached hydrogen (secondary N) is 3. The van der Waals surface area contributed by atoms with Gasteiger partial charge < -0.3 is 16.0 Å². The molecule has 1 aromatic carbocycles. The number of carbonyl (C=O) groups is 2. The Hall–Kier alpha value is -2.04. The largest absolute Gasteiger partial charge is 0.350 e. The second kappa shape index (κ2) is 5.73. The maximum Gasteiger partial charge on any atom is 0.319 e.